The van der Waals surface area contributed by atoms with Gasteiger partial charge in [-0.3, -0.25) is 0 Å². The topological polar surface area (TPSA) is 61.4 Å². The van der Waals surface area contributed by atoms with E-state index in [1.807, 2.05) is 17.5 Å². The van der Waals surface area contributed by atoms with E-state index < -0.39 is 10.2 Å². The minimum atomic E-state index is -3.39. The first-order valence-corrected chi connectivity index (χ1v) is 9.99. The maximum absolute atomic E-state index is 12.5. The Morgan fingerprint density at radius 1 is 1.29 bits per heavy atom. The predicted molar refractivity (Wildman–Crippen MR) is 85.4 cm³/mol. The molecular weight excluding hydrogens is 306 g/mol. The van der Waals surface area contributed by atoms with Gasteiger partial charge in [0.15, 0.2) is 0 Å². The number of nitrogens with zero attached hydrogens (tertiary/aromatic N) is 1. The zero-order valence-electron chi connectivity index (χ0n) is 12.1. The number of hydrogen-bond donors (Lipinski definition) is 2. The molecule has 21 heavy (non-hydrogen) atoms. The van der Waals surface area contributed by atoms with Crippen LogP contribution in [-0.4, -0.2) is 37.9 Å². The minimum Gasteiger partial charge on any atom is -0.312 e. The Bertz CT molecular complexity index is 541. The van der Waals surface area contributed by atoms with Gasteiger partial charge in [-0.1, -0.05) is 12.5 Å². The van der Waals surface area contributed by atoms with Crippen molar-refractivity contribution in [3.8, 4) is 0 Å². The molecule has 118 valence electrons. The molecule has 0 radical (unpaired) electrons. The highest BCUT2D eigenvalue weighted by atomic mass is 32.2. The fourth-order valence-corrected chi connectivity index (χ4v) is 4.92. The largest absolute Gasteiger partial charge is 0.312 e. The van der Waals surface area contributed by atoms with E-state index in [-0.39, 0.29) is 6.04 Å². The number of hydrogen-bond acceptors (Lipinski definition) is 4. The van der Waals surface area contributed by atoms with Crippen LogP contribution in [0.15, 0.2) is 17.5 Å². The molecule has 2 N–H and O–H groups in total. The Morgan fingerprint density at radius 3 is 2.86 bits per heavy atom. The van der Waals surface area contributed by atoms with E-state index in [0.29, 0.717) is 19.1 Å². The monoisotopic (exact) mass is 329 g/mol. The predicted octanol–water partition coefficient (Wildman–Crippen LogP) is 1.69. The van der Waals surface area contributed by atoms with Gasteiger partial charge in [-0.2, -0.15) is 17.4 Å². The first-order chi connectivity index (χ1) is 10.1. The SMILES string of the molecule is O=S(=O)(NCc1cccs1)N1CCCCC1CNC1CC1. The highest BCUT2D eigenvalue weighted by molar-refractivity contribution is 7.87. The van der Waals surface area contributed by atoms with Crippen LogP contribution in [0.3, 0.4) is 0 Å². The van der Waals surface area contributed by atoms with Crippen molar-refractivity contribution in [3.05, 3.63) is 22.4 Å². The summed E-state index contributed by atoms with van der Waals surface area (Å²) in [5.74, 6) is 0. The lowest BCUT2D eigenvalue weighted by molar-refractivity contribution is 0.242. The molecule has 1 atom stereocenters. The molecule has 1 aliphatic carbocycles. The highest BCUT2D eigenvalue weighted by Gasteiger charge is 2.33. The third kappa shape index (κ3) is 4.26. The Hall–Kier alpha value is -0.470. The van der Waals surface area contributed by atoms with Crippen LogP contribution in [0, 0.1) is 0 Å². The van der Waals surface area contributed by atoms with Crippen molar-refractivity contribution in [1.82, 2.24) is 14.3 Å². The summed E-state index contributed by atoms with van der Waals surface area (Å²) >= 11 is 1.58. The van der Waals surface area contributed by atoms with Gasteiger partial charge in [0.1, 0.15) is 0 Å². The second-order valence-corrected chi connectivity index (χ2v) is 8.59. The molecule has 2 heterocycles. The van der Waals surface area contributed by atoms with Crippen molar-refractivity contribution >= 4 is 21.5 Å². The lowest BCUT2D eigenvalue weighted by atomic mass is 10.1. The molecule has 3 rings (SSSR count). The Morgan fingerprint density at radius 2 is 2.14 bits per heavy atom. The molecule has 7 heteroatoms. The standard InChI is InChI=1S/C14H23N3O2S2/c18-21(19,16-11-14-5-3-9-20-14)17-8-2-1-4-13(17)10-15-12-6-7-12/h3,5,9,12-13,15-16H,1-2,4,6-8,10-11H2. The van der Waals surface area contributed by atoms with Gasteiger partial charge >= 0.3 is 0 Å². The fraction of sp³-hybridized carbons (Fsp3) is 0.714. The second kappa shape index (κ2) is 6.75. The van der Waals surface area contributed by atoms with Crippen molar-refractivity contribution in [2.45, 2.75) is 50.7 Å². The van der Waals surface area contributed by atoms with Gasteiger partial charge in [-0.05, 0) is 37.1 Å². The lowest BCUT2D eigenvalue weighted by Crippen LogP contribution is -2.52. The van der Waals surface area contributed by atoms with Gasteiger partial charge in [-0.25, -0.2) is 0 Å². The van der Waals surface area contributed by atoms with Gasteiger partial charge in [0, 0.05) is 36.6 Å². The first-order valence-electron chi connectivity index (χ1n) is 7.67. The number of piperidine rings is 1. The number of nitrogens with one attached hydrogen (secondary N) is 2. The quantitative estimate of drug-likeness (QED) is 0.800. The van der Waals surface area contributed by atoms with Gasteiger partial charge in [0.25, 0.3) is 10.2 Å². The number of thiophene rings is 1. The smallest absolute Gasteiger partial charge is 0.280 e. The molecule has 1 aromatic heterocycles. The molecule has 1 saturated carbocycles. The third-order valence-corrected chi connectivity index (χ3v) is 6.59. The summed E-state index contributed by atoms with van der Waals surface area (Å²) in [5.41, 5.74) is 0. The van der Waals surface area contributed by atoms with E-state index in [4.69, 9.17) is 0 Å². The van der Waals surface area contributed by atoms with E-state index >= 15 is 0 Å². The van der Waals surface area contributed by atoms with Crippen molar-refractivity contribution in [3.63, 3.8) is 0 Å². The summed E-state index contributed by atoms with van der Waals surface area (Å²) in [5, 5.41) is 5.43. The van der Waals surface area contributed by atoms with Crippen LogP contribution in [0.1, 0.15) is 37.0 Å². The maximum Gasteiger partial charge on any atom is 0.280 e. The second-order valence-electron chi connectivity index (χ2n) is 5.85. The van der Waals surface area contributed by atoms with Gasteiger partial charge in [0.2, 0.25) is 0 Å². The fourth-order valence-electron chi connectivity index (χ4n) is 2.74. The van der Waals surface area contributed by atoms with Crippen LogP contribution in [0.2, 0.25) is 0 Å². The molecule has 0 amide bonds. The molecule has 2 aliphatic rings. The zero-order valence-corrected chi connectivity index (χ0v) is 13.8. The lowest BCUT2D eigenvalue weighted by Gasteiger charge is -2.34. The van der Waals surface area contributed by atoms with Crippen LogP contribution in [0.4, 0.5) is 0 Å². The van der Waals surface area contributed by atoms with Crippen LogP contribution < -0.4 is 10.0 Å². The summed E-state index contributed by atoms with van der Waals surface area (Å²) < 4.78 is 29.5. The summed E-state index contributed by atoms with van der Waals surface area (Å²) in [6.45, 7) is 1.81. The summed E-state index contributed by atoms with van der Waals surface area (Å²) in [6, 6.07) is 4.61. The van der Waals surface area contributed by atoms with E-state index in [1.165, 1.54) is 12.8 Å². The van der Waals surface area contributed by atoms with Crippen LogP contribution >= 0.6 is 11.3 Å². The molecule has 0 bridgehead atoms. The summed E-state index contributed by atoms with van der Waals surface area (Å²) in [6.07, 6.45) is 5.50. The molecule has 0 spiro atoms. The molecule has 1 saturated heterocycles. The summed E-state index contributed by atoms with van der Waals surface area (Å²) in [4.78, 5) is 1.04. The van der Waals surface area contributed by atoms with Crippen LogP contribution in [0.5, 0.6) is 0 Å². The maximum atomic E-state index is 12.5. The minimum absolute atomic E-state index is 0.0974. The number of rotatable bonds is 7. The molecule has 1 unspecified atom stereocenters. The zero-order chi connectivity index (χ0) is 14.7. The Kier molecular flexibility index (Phi) is 4.96. The third-order valence-electron chi connectivity index (χ3n) is 4.11. The molecule has 1 aromatic rings. The van der Waals surface area contributed by atoms with Crippen molar-refractivity contribution in [1.29, 1.82) is 0 Å². The normalized spacial score (nSPS) is 24.3. The van der Waals surface area contributed by atoms with Gasteiger partial charge in [-0.15, -0.1) is 11.3 Å². The Labute approximate surface area is 130 Å². The Balaban J connectivity index is 1.59. The average Bonchev–Trinajstić information content (AvgIpc) is 3.17. The van der Waals surface area contributed by atoms with Crippen molar-refractivity contribution in [2.24, 2.45) is 0 Å². The molecular formula is C14H23N3O2S2. The molecule has 5 nitrogen and oxygen atoms in total. The van der Waals surface area contributed by atoms with E-state index in [9.17, 15) is 8.42 Å². The molecule has 0 aromatic carbocycles. The van der Waals surface area contributed by atoms with Gasteiger partial charge in [0.05, 0.1) is 0 Å². The van der Waals surface area contributed by atoms with E-state index in [1.54, 1.807) is 15.6 Å². The first kappa shape index (κ1) is 15.4. The van der Waals surface area contributed by atoms with Crippen molar-refractivity contribution in [2.75, 3.05) is 13.1 Å². The molecule has 1 aliphatic heterocycles. The van der Waals surface area contributed by atoms with Gasteiger partial charge < -0.3 is 5.32 Å². The highest BCUT2D eigenvalue weighted by Crippen LogP contribution is 2.23. The van der Waals surface area contributed by atoms with Crippen LogP contribution in [0.25, 0.3) is 0 Å². The average molecular weight is 329 g/mol. The summed E-state index contributed by atoms with van der Waals surface area (Å²) in [7, 11) is -3.39. The van der Waals surface area contributed by atoms with E-state index in [2.05, 4.69) is 10.0 Å². The molecule has 2 fully saturated rings. The van der Waals surface area contributed by atoms with Crippen molar-refractivity contribution < 1.29 is 8.42 Å². The van der Waals surface area contributed by atoms with Crippen LogP contribution in [-0.2, 0) is 16.8 Å². The van der Waals surface area contributed by atoms with E-state index in [0.717, 1.165) is 30.7 Å².